The van der Waals surface area contributed by atoms with Crippen LogP contribution >= 0.6 is 0 Å². The van der Waals surface area contributed by atoms with Gasteiger partial charge in [-0.1, -0.05) is 13.8 Å². The molecule has 4 nitrogen and oxygen atoms in total. The summed E-state index contributed by atoms with van der Waals surface area (Å²) in [6, 6.07) is 2.29. The first-order valence-corrected chi connectivity index (χ1v) is 5.91. The van der Waals surface area contributed by atoms with Crippen molar-refractivity contribution in [1.29, 1.82) is 0 Å². The number of hydrogen-bond donors (Lipinski definition) is 2. The molecule has 0 aliphatic carbocycles. The number of nitrogens with one attached hydrogen (secondary N) is 1. The normalized spacial score (nSPS) is 12.8. The van der Waals surface area contributed by atoms with E-state index in [1.54, 1.807) is 6.33 Å². The first-order valence-electron chi connectivity index (χ1n) is 5.91. The lowest BCUT2D eigenvalue weighted by Crippen LogP contribution is -2.16. The molecule has 0 spiro atoms. The van der Waals surface area contributed by atoms with Gasteiger partial charge in [-0.2, -0.15) is 0 Å². The van der Waals surface area contributed by atoms with Crippen LogP contribution in [0.4, 0.5) is 5.82 Å². The Hall–Kier alpha value is -1.16. The van der Waals surface area contributed by atoms with Crippen LogP contribution in [0.2, 0.25) is 0 Å². The van der Waals surface area contributed by atoms with E-state index in [0.717, 1.165) is 30.9 Å². The molecule has 1 atom stereocenters. The third-order valence-electron chi connectivity index (χ3n) is 2.42. The lowest BCUT2D eigenvalue weighted by atomic mass is 10.1. The van der Waals surface area contributed by atoms with Gasteiger partial charge in [-0.3, -0.25) is 0 Å². The van der Waals surface area contributed by atoms with Gasteiger partial charge in [0.15, 0.2) is 0 Å². The van der Waals surface area contributed by atoms with E-state index in [-0.39, 0.29) is 6.04 Å². The van der Waals surface area contributed by atoms with Gasteiger partial charge in [0.25, 0.3) is 0 Å². The number of nitrogens with zero attached hydrogens (tertiary/aromatic N) is 2. The van der Waals surface area contributed by atoms with Crippen molar-refractivity contribution < 1.29 is 0 Å². The Kier molecular flexibility index (Phi) is 5.19. The smallest absolute Gasteiger partial charge is 0.129 e. The fourth-order valence-corrected chi connectivity index (χ4v) is 1.43. The molecule has 0 saturated heterocycles. The predicted molar refractivity (Wildman–Crippen MR) is 67.5 cm³/mol. The van der Waals surface area contributed by atoms with Gasteiger partial charge >= 0.3 is 0 Å². The van der Waals surface area contributed by atoms with E-state index >= 15 is 0 Å². The molecule has 1 aromatic rings. The van der Waals surface area contributed by atoms with Gasteiger partial charge in [-0.05, 0) is 25.7 Å². The minimum absolute atomic E-state index is 0.276. The van der Waals surface area contributed by atoms with E-state index in [0.29, 0.717) is 5.92 Å². The molecular weight excluding hydrogens is 200 g/mol. The average molecular weight is 222 g/mol. The molecule has 0 fully saturated rings. The Balaban J connectivity index is 2.39. The van der Waals surface area contributed by atoms with Crippen molar-refractivity contribution in [3.8, 4) is 0 Å². The third-order valence-corrected chi connectivity index (χ3v) is 2.42. The third kappa shape index (κ3) is 4.57. The molecule has 4 heteroatoms. The van der Waals surface area contributed by atoms with E-state index < -0.39 is 0 Å². The molecule has 0 aliphatic heterocycles. The average Bonchev–Trinajstić information content (AvgIpc) is 2.24. The van der Waals surface area contributed by atoms with Gasteiger partial charge in [0.2, 0.25) is 0 Å². The van der Waals surface area contributed by atoms with Crippen molar-refractivity contribution in [2.24, 2.45) is 5.73 Å². The van der Waals surface area contributed by atoms with Crippen LogP contribution in [-0.2, 0) is 0 Å². The number of aromatic nitrogens is 2. The molecule has 1 rings (SSSR count). The maximum Gasteiger partial charge on any atom is 0.129 e. The van der Waals surface area contributed by atoms with E-state index in [2.05, 4.69) is 29.1 Å². The number of anilines is 1. The highest BCUT2D eigenvalue weighted by Crippen LogP contribution is 2.13. The summed E-state index contributed by atoms with van der Waals surface area (Å²) in [4.78, 5) is 8.41. The molecule has 0 amide bonds. The van der Waals surface area contributed by atoms with Crippen molar-refractivity contribution in [2.45, 2.75) is 45.6 Å². The van der Waals surface area contributed by atoms with Crippen LogP contribution < -0.4 is 11.1 Å². The highest BCUT2D eigenvalue weighted by molar-refractivity contribution is 5.35. The predicted octanol–water partition coefficient (Wildman–Crippen LogP) is 2.14. The monoisotopic (exact) mass is 222 g/mol. The fourth-order valence-electron chi connectivity index (χ4n) is 1.43. The van der Waals surface area contributed by atoms with Gasteiger partial charge in [0, 0.05) is 24.3 Å². The summed E-state index contributed by atoms with van der Waals surface area (Å²) < 4.78 is 0. The minimum atomic E-state index is 0.276. The SMILES string of the molecule is CC(N)CCCNc1cc(C(C)C)ncn1. The van der Waals surface area contributed by atoms with Gasteiger partial charge in [0.05, 0.1) is 0 Å². The summed E-state index contributed by atoms with van der Waals surface area (Å²) in [5.74, 6) is 1.34. The Morgan fingerprint density at radius 3 is 2.69 bits per heavy atom. The quantitative estimate of drug-likeness (QED) is 0.724. The summed E-state index contributed by atoms with van der Waals surface area (Å²) in [6.45, 7) is 7.20. The van der Waals surface area contributed by atoms with Gasteiger partial charge in [0.1, 0.15) is 12.1 Å². The molecule has 0 radical (unpaired) electrons. The van der Waals surface area contributed by atoms with Crippen molar-refractivity contribution in [1.82, 2.24) is 9.97 Å². The van der Waals surface area contributed by atoms with Crippen LogP contribution in [0.3, 0.4) is 0 Å². The topological polar surface area (TPSA) is 63.8 Å². The second kappa shape index (κ2) is 6.43. The number of nitrogens with two attached hydrogens (primary N) is 1. The van der Waals surface area contributed by atoms with Crippen LogP contribution in [0, 0.1) is 0 Å². The van der Waals surface area contributed by atoms with Gasteiger partial charge in [-0.15, -0.1) is 0 Å². The van der Waals surface area contributed by atoms with Crippen molar-refractivity contribution in [2.75, 3.05) is 11.9 Å². The Morgan fingerprint density at radius 2 is 2.06 bits per heavy atom. The van der Waals surface area contributed by atoms with Crippen LogP contribution in [0.5, 0.6) is 0 Å². The van der Waals surface area contributed by atoms with E-state index in [1.165, 1.54) is 0 Å². The van der Waals surface area contributed by atoms with E-state index in [1.807, 2.05) is 13.0 Å². The number of rotatable bonds is 6. The second-order valence-electron chi connectivity index (χ2n) is 4.53. The molecule has 1 heterocycles. The first-order chi connectivity index (χ1) is 7.59. The summed E-state index contributed by atoms with van der Waals surface area (Å²) in [6.07, 6.45) is 3.72. The van der Waals surface area contributed by atoms with Crippen LogP contribution in [-0.4, -0.2) is 22.6 Å². The Labute approximate surface area is 97.7 Å². The fraction of sp³-hybridized carbons (Fsp3) is 0.667. The minimum Gasteiger partial charge on any atom is -0.370 e. The summed E-state index contributed by atoms with van der Waals surface area (Å²) in [5, 5.41) is 3.29. The zero-order valence-corrected chi connectivity index (χ0v) is 10.4. The Bertz CT molecular complexity index is 310. The summed E-state index contributed by atoms with van der Waals surface area (Å²) >= 11 is 0. The standard InChI is InChI=1S/C12H22N4/c1-9(2)11-7-12(16-8-15-11)14-6-4-5-10(3)13/h7-10H,4-6,13H2,1-3H3,(H,14,15,16). The second-order valence-corrected chi connectivity index (χ2v) is 4.53. The summed E-state index contributed by atoms with van der Waals surface area (Å²) in [5.41, 5.74) is 6.76. The highest BCUT2D eigenvalue weighted by atomic mass is 15.0. The lowest BCUT2D eigenvalue weighted by Gasteiger charge is -2.09. The molecule has 3 N–H and O–H groups in total. The molecule has 1 aromatic heterocycles. The molecule has 0 saturated carbocycles. The zero-order valence-electron chi connectivity index (χ0n) is 10.4. The molecular formula is C12H22N4. The van der Waals surface area contributed by atoms with Crippen LogP contribution in [0.1, 0.15) is 45.2 Å². The van der Waals surface area contributed by atoms with Crippen molar-refractivity contribution in [3.05, 3.63) is 18.1 Å². The van der Waals surface area contributed by atoms with E-state index in [9.17, 15) is 0 Å². The summed E-state index contributed by atoms with van der Waals surface area (Å²) in [7, 11) is 0. The van der Waals surface area contributed by atoms with E-state index in [4.69, 9.17) is 5.73 Å². The lowest BCUT2D eigenvalue weighted by molar-refractivity contribution is 0.638. The zero-order chi connectivity index (χ0) is 12.0. The number of hydrogen-bond acceptors (Lipinski definition) is 4. The largest absolute Gasteiger partial charge is 0.370 e. The van der Waals surface area contributed by atoms with Crippen molar-refractivity contribution >= 4 is 5.82 Å². The van der Waals surface area contributed by atoms with Crippen molar-refractivity contribution in [3.63, 3.8) is 0 Å². The molecule has 1 unspecified atom stereocenters. The first kappa shape index (κ1) is 12.9. The van der Waals surface area contributed by atoms with Gasteiger partial charge in [-0.25, -0.2) is 9.97 Å². The van der Waals surface area contributed by atoms with Crippen LogP contribution in [0.25, 0.3) is 0 Å². The molecule has 0 aromatic carbocycles. The Morgan fingerprint density at radius 1 is 1.31 bits per heavy atom. The molecule has 16 heavy (non-hydrogen) atoms. The maximum atomic E-state index is 5.68. The molecule has 0 bridgehead atoms. The highest BCUT2D eigenvalue weighted by Gasteiger charge is 2.02. The molecule has 90 valence electrons. The van der Waals surface area contributed by atoms with Crippen LogP contribution in [0.15, 0.2) is 12.4 Å². The maximum absolute atomic E-state index is 5.68. The van der Waals surface area contributed by atoms with Gasteiger partial charge < -0.3 is 11.1 Å². The molecule has 0 aliphatic rings.